The number of benzene rings is 3. The average molecular weight is 481 g/mol. The van der Waals surface area contributed by atoms with Crippen molar-refractivity contribution in [2.45, 2.75) is 24.3 Å². The van der Waals surface area contributed by atoms with Crippen molar-refractivity contribution < 1.29 is 4.42 Å². The lowest BCUT2D eigenvalue weighted by atomic mass is 10.2. The van der Waals surface area contributed by atoms with E-state index in [9.17, 15) is 4.79 Å². The van der Waals surface area contributed by atoms with Crippen LogP contribution in [0.5, 0.6) is 0 Å². The van der Waals surface area contributed by atoms with E-state index in [2.05, 4.69) is 20.4 Å². The van der Waals surface area contributed by atoms with E-state index in [-0.39, 0.29) is 5.56 Å². The number of rotatable bonds is 6. The summed E-state index contributed by atoms with van der Waals surface area (Å²) in [6, 6.07) is 25.3. The fraction of sp³-hybridized carbons (Fsp3) is 0.115. The molecular formula is C26H20N6O2S. The van der Waals surface area contributed by atoms with Gasteiger partial charge in [-0.2, -0.15) is 0 Å². The van der Waals surface area contributed by atoms with Crippen molar-refractivity contribution in [2.24, 2.45) is 0 Å². The number of hydrogen-bond donors (Lipinski definition) is 0. The molecule has 9 heteroatoms. The molecule has 0 aliphatic rings. The first kappa shape index (κ1) is 21.3. The number of para-hydroxylation sites is 2. The molecule has 0 aliphatic carbocycles. The van der Waals surface area contributed by atoms with Crippen molar-refractivity contribution in [1.82, 2.24) is 29.4 Å². The quantitative estimate of drug-likeness (QED) is 0.322. The van der Waals surface area contributed by atoms with Crippen LogP contribution < -0.4 is 5.56 Å². The highest BCUT2D eigenvalue weighted by Gasteiger charge is 2.19. The van der Waals surface area contributed by atoms with Crippen molar-refractivity contribution in [2.75, 3.05) is 0 Å². The number of thioether (sulfide) groups is 1. The van der Waals surface area contributed by atoms with Crippen LogP contribution in [0, 0.1) is 6.92 Å². The molecular weight excluding hydrogens is 460 g/mol. The zero-order chi connectivity index (χ0) is 23.8. The number of aromatic nitrogens is 6. The molecule has 3 heterocycles. The van der Waals surface area contributed by atoms with Gasteiger partial charge in [-0.25, -0.2) is 4.57 Å². The molecule has 0 bridgehead atoms. The highest BCUT2D eigenvalue weighted by atomic mass is 32.2. The van der Waals surface area contributed by atoms with E-state index in [0.717, 1.165) is 22.3 Å². The lowest BCUT2D eigenvalue weighted by Crippen LogP contribution is -2.22. The SMILES string of the molecule is Cc1ccccc1-n1c(=O)c2ccccc2n2c(SCc3nnc(Cc4ccccc4)o3)nnc12. The first-order valence-electron chi connectivity index (χ1n) is 11.1. The Morgan fingerprint density at radius 2 is 1.57 bits per heavy atom. The van der Waals surface area contributed by atoms with E-state index in [4.69, 9.17) is 4.42 Å². The Labute approximate surface area is 204 Å². The summed E-state index contributed by atoms with van der Waals surface area (Å²) in [7, 11) is 0. The molecule has 0 fully saturated rings. The van der Waals surface area contributed by atoms with Crippen LogP contribution in [-0.2, 0) is 12.2 Å². The monoisotopic (exact) mass is 480 g/mol. The number of nitrogens with zero attached hydrogens (tertiary/aromatic N) is 6. The Morgan fingerprint density at radius 1 is 0.829 bits per heavy atom. The molecule has 0 saturated heterocycles. The minimum absolute atomic E-state index is 0.131. The molecule has 3 aromatic carbocycles. The van der Waals surface area contributed by atoms with Gasteiger partial charge in [0.1, 0.15) is 0 Å². The Balaban J connectivity index is 1.38. The maximum Gasteiger partial charge on any atom is 0.267 e. The highest BCUT2D eigenvalue weighted by molar-refractivity contribution is 7.98. The van der Waals surface area contributed by atoms with Gasteiger partial charge in [-0.05, 0) is 36.2 Å². The molecule has 0 aliphatic heterocycles. The minimum Gasteiger partial charge on any atom is -0.424 e. The molecule has 6 rings (SSSR count). The zero-order valence-electron chi connectivity index (χ0n) is 18.8. The van der Waals surface area contributed by atoms with Gasteiger partial charge in [-0.1, -0.05) is 72.4 Å². The summed E-state index contributed by atoms with van der Waals surface area (Å²) in [6.45, 7) is 1.97. The molecule has 3 aromatic heterocycles. The average Bonchev–Trinajstić information content (AvgIpc) is 3.51. The number of aryl methyl sites for hydroxylation is 1. The Morgan fingerprint density at radius 3 is 2.43 bits per heavy atom. The van der Waals surface area contributed by atoms with Crippen LogP contribution in [0.25, 0.3) is 22.4 Å². The largest absolute Gasteiger partial charge is 0.424 e. The smallest absolute Gasteiger partial charge is 0.267 e. The maximum atomic E-state index is 13.5. The first-order chi connectivity index (χ1) is 17.2. The molecule has 6 aromatic rings. The van der Waals surface area contributed by atoms with Gasteiger partial charge in [0.25, 0.3) is 5.56 Å². The van der Waals surface area contributed by atoms with Gasteiger partial charge >= 0.3 is 0 Å². The van der Waals surface area contributed by atoms with Gasteiger partial charge in [-0.3, -0.25) is 9.20 Å². The molecule has 0 spiro atoms. The van der Waals surface area contributed by atoms with Crippen molar-refractivity contribution >= 4 is 28.4 Å². The van der Waals surface area contributed by atoms with Crippen molar-refractivity contribution in [1.29, 1.82) is 0 Å². The van der Waals surface area contributed by atoms with E-state index in [0.29, 0.717) is 40.3 Å². The summed E-state index contributed by atoms with van der Waals surface area (Å²) in [5.41, 5.74) is 3.48. The third-order valence-corrected chi connectivity index (χ3v) is 6.70. The second kappa shape index (κ2) is 8.84. The van der Waals surface area contributed by atoms with Gasteiger partial charge in [0.15, 0.2) is 5.16 Å². The topological polar surface area (TPSA) is 91.1 Å². The predicted molar refractivity (Wildman–Crippen MR) is 134 cm³/mol. The fourth-order valence-corrected chi connectivity index (χ4v) is 4.90. The molecule has 0 saturated carbocycles. The summed E-state index contributed by atoms with van der Waals surface area (Å²) in [5.74, 6) is 1.96. The third-order valence-electron chi connectivity index (χ3n) is 5.78. The molecule has 0 amide bonds. The summed E-state index contributed by atoms with van der Waals surface area (Å²) in [5, 5.41) is 18.4. The fourth-order valence-electron chi connectivity index (χ4n) is 4.12. The number of fused-ring (bicyclic) bond motifs is 3. The Hall–Kier alpha value is -4.24. The summed E-state index contributed by atoms with van der Waals surface area (Å²) in [6.07, 6.45) is 0.583. The van der Waals surface area contributed by atoms with E-state index in [1.165, 1.54) is 11.8 Å². The van der Waals surface area contributed by atoms with Crippen LogP contribution in [0.2, 0.25) is 0 Å². The van der Waals surface area contributed by atoms with E-state index < -0.39 is 0 Å². The lowest BCUT2D eigenvalue weighted by molar-refractivity contribution is 0.474. The van der Waals surface area contributed by atoms with E-state index >= 15 is 0 Å². The minimum atomic E-state index is -0.131. The van der Waals surface area contributed by atoms with E-state index in [1.54, 1.807) is 4.57 Å². The normalized spacial score (nSPS) is 11.5. The molecule has 0 unspecified atom stereocenters. The summed E-state index contributed by atoms with van der Waals surface area (Å²) >= 11 is 1.44. The van der Waals surface area contributed by atoms with Gasteiger partial charge < -0.3 is 4.42 Å². The third kappa shape index (κ3) is 3.89. The van der Waals surface area contributed by atoms with Crippen molar-refractivity contribution in [3.05, 3.63) is 112 Å². The Kier molecular flexibility index (Phi) is 5.38. The first-order valence-corrected chi connectivity index (χ1v) is 12.1. The van der Waals surface area contributed by atoms with Crippen LogP contribution in [-0.4, -0.2) is 29.4 Å². The van der Waals surface area contributed by atoms with Crippen LogP contribution in [0.15, 0.2) is 93.2 Å². The standard InChI is InChI=1S/C26H20N6O2S/c1-17-9-5-7-13-20(17)31-24(33)19-12-6-8-14-21(19)32-25(31)29-30-26(32)35-16-23-28-27-22(34-23)15-18-10-3-2-4-11-18/h2-14H,15-16H2,1H3. The van der Waals surface area contributed by atoms with Gasteiger partial charge in [-0.15, -0.1) is 20.4 Å². The van der Waals surface area contributed by atoms with Gasteiger partial charge in [0, 0.05) is 0 Å². The number of hydrogen-bond acceptors (Lipinski definition) is 7. The lowest BCUT2D eigenvalue weighted by Gasteiger charge is -2.13. The maximum absolute atomic E-state index is 13.5. The molecule has 172 valence electrons. The van der Waals surface area contributed by atoms with Crippen LogP contribution in [0.1, 0.15) is 22.9 Å². The van der Waals surface area contributed by atoms with Crippen molar-refractivity contribution in [3.63, 3.8) is 0 Å². The highest BCUT2D eigenvalue weighted by Crippen LogP contribution is 2.26. The second-order valence-corrected chi connectivity index (χ2v) is 9.05. The Bertz CT molecular complexity index is 1720. The van der Waals surface area contributed by atoms with E-state index in [1.807, 2.05) is 90.2 Å². The second-order valence-electron chi connectivity index (χ2n) is 8.10. The molecule has 0 atom stereocenters. The van der Waals surface area contributed by atoms with Crippen LogP contribution in [0.3, 0.4) is 0 Å². The summed E-state index contributed by atoms with van der Waals surface area (Å²) < 4.78 is 9.39. The zero-order valence-corrected chi connectivity index (χ0v) is 19.6. The predicted octanol–water partition coefficient (Wildman–Crippen LogP) is 4.61. The van der Waals surface area contributed by atoms with Crippen LogP contribution in [0.4, 0.5) is 0 Å². The van der Waals surface area contributed by atoms with Crippen molar-refractivity contribution in [3.8, 4) is 5.69 Å². The molecule has 35 heavy (non-hydrogen) atoms. The molecule has 0 radical (unpaired) electrons. The molecule has 0 N–H and O–H groups in total. The van der Waals surface area contributed by atoms with Gasteiger partial charge in [0.2, 0.25) is 17.6 Å². The van der Waals surface area contributed by atoms with Crippen LogP contribution >= 0.6 is 11.8 Å². The molecule has 8 nitrogen and oxygen atoms in total. The summed E-state index contributed by atoms with van der Waals surface area (Å²) in [4.78, 5) is 13.5. The van der Waals surface area contributed by atoms with Gasteiger partial charge in [0.05, 0.1) is 28.8 Å².